The van der Waals surface area contributed by atoms with E-state index in [0.29, 0.717) is 5.89 Å². The van der Waals surface area contributed by atoms with E-state index in [2.05, 4.69) is 31.4 Å². The van der Waals surface area contributed by atoms with Crippen LogP contribution in [0.1, 0.15) is 16.2 Å². The number of benzene rings is 1. The summed E-state index contributed by atoms with van der Waals surface area (Å²) in [5.74, 6) is -0.969. The van der Waals surface area contributed by atoms with Crippen LogP contribution in [0.4, 0.5) is 10.4 Å². The maximum absolute atomic E-state index is 13.6. The molecule has 0 bridgehead atoms. The Morgan fingerprint density at radius 3 is 2.88 bits per heavy atom. The van der Waals surface area contributed by atoms with Crippen LogP contribution in [0.25, 0.3) is 0 Å². The number of hydrogen-bond acceptors (Lipinski definition) is 4. The van der Waals surface area contributed by atoms with E-state index >= 15 is 0 Å². The molecule has 88 valence electrons. The number of hydrogen-bond donors (Lipinski definition) is 1. The zero-order valence-electron chi connectivity index (χ0n) is 8.70. The Bertz CT molecular complexity index is 570. The van der Waals surface area contributed by atoms with Crippen LogP contribution >= 0.6 is 15.9 Å². The van der Waals surface area contributed by atoms with Gasteiger partial charge in [-0.05, 0) is 28.1 Å². The highest BCUT2D eigenvalue weighted by Gasteiger charge is 2.16. The second-order valence-corrected chi connectivity index (χ2v) is 4.04. The molecular formula is C10H7BrFN3O2. The fourth-order valence-corrected chi connectivity index (χ4v) is 1.56. The maximum Gasteiger partial charge on any atom is 0.322 e. The number of anilines is 1. The van der Waals surface area contributed by atoms with Crippen molar-refractivity contribution in [2.45, 2.75) is 6.92 Å². The van der Waals surface area contributed by atoms with Crippen molar-refractivity contribution < 1.29 is 13.6 Å². The van der Waals surface area contributed by atoms with Gasteiger partial charge in [0.1, 0.15) is 5.82 Å². The van der Waals surface area contributed by atoms with Gasteiger partial charge in [0.15, 0.2) is 0 Å². The summed E-state index contributed by atoms with van der Waals surface area (Å²) in [4.78, 5) is 11.7. The number of nitrogens with zero attached hydrogens (tertiary/aromatic N) is 2. The summed E-state index contributed by atoms with van der Waals surface area (Å²) >= 11 is 3.00. The van der Waals surface area contributed by atoms with Gasteiger partial charge in [0.05, 0.1) is 10.0 Å². The zero-order valence-corrected chi connectivity index (χ0v) is 10.3. The molecule has 1 amide bonds. The van der Waals surface area contributed by atoms with Gasteiger partial charge in [0.2, 0.25) is 5.89 Å². The van der Waals surface area contributed by atoms with E-state index in [4.69, 9.17) is 4.42 Å². The molecule has 0 fully saturated rings. The molecule has 0 saturated carbocycles. The molecule has 0 saturated heterocycles. The van der Waals surface area contributed by atoms with E-state index in [9.17, 15) is 9.18 Å². The van der Waals surface area contributed by atoms with Gasteiger partial charge in [-0.1, -0.05) is 11.2 Å². The summed E-state index contributed by atoms with van der Waals surface area (Å²) in [6.45, 7) is 1.59. The van der Waals surface area contributed by atoms with Crippen LogP contribution in [0.2, 0.25) is 0 Å². The normalized spacial score (nSPS) is 10.3. The van der Waals surface area contributed by atoms with Crippen LogP contribution in [0.5, 0.6) is 0 Å². The molecular weight excluding hydrogens is 293 g/mol. The molecule has 0 atom stereocenters. The predicted molar refractivity (Wildman–Crippen MR) is 61.1 cm³/mol. The van der Waals surface area contributed by atoms with Gasteiger partial charge in [-0.25, -0.2) is 4.39 Å². The van der Waals surface area contributed by atoms with Gasteiger partial charge in [0, 0.05) is 6.92 Å². The minimum absolute atomic E-state index is 0.0631. The summed E-state index contributed by atoms with van der Waals surface area (Å²) in [5, 5.41) is 9.43. The Morgan fingerprint density at radius 2 is 2.24 bits per heavy atom. The number of aryl methyl sites for hydroxylation is 1. The van der Waals surface area contributed by atoms with Crippen molar-refractivity contribution in [1.82, 2.24) is 10.2 Å². The Morgan fingerprint density at radius 1 is 1.47 bits per heavy atom. The lowest BCUT2D eigenvalue weighted by atomic mass is 10.2. The zero-order chi connectivity index (χ0) is 12.4. The standard InChI is InChI=1S/C10H7BrFN3O2/c1-5-14-15-10(17-5)13-9(16)6-3-2-4-7(11)8(6)12/h2-4H,1H3,(H,13,15,16). The van der Waals surface area contributed by atoms with E-state index in [-0.39, 0.29) is 16.1 Å². The highest BCUT2D eigenvalue weighted by Crippen LogP contribution is 2.19. The number of nitrogens with one attached hydrogen (secondary N) is 1. The summed E-state index contributed by atoms with van der Waals surface area (Å²) in [6, 6.07) is 4.36. The maximum atomic E-state index is 13.6. The minimum atomic E-state index is -0.646. The van der Waals surface area contributed by atoms with E-state index in [0.717, 1.165) is 0 Å². The summed E-state index contributed by atoms with van der Waals surface area (Å²) < 4.78 is 18.8. The molecule has 2 aromatic rings. The number of rotatable bonds is 2. The lowest BCUT2D eigenvalue weighted by molar-refractivity contribution is 0.102. The van der Waals surface area contributed by atoms with Gasteiger partial charge in [-0.15, -0.1) is 5.10 Å². The van der Waals surface area contributed by atoms with Crippen molar-refractivity contribution in [3.63, 3.8) is 0 Å². The fourth-order valence-electron chi connectivity index (χ4n) is 1.19. The molecule has 0 radical (unpaired) electrons. The molecule has 1 aromatic carbocycles. The molecule has 0 aliphatic carbocycles. The average molecular weight is 300 g/mol. The SMILES string of the molecule is Cc1nnc(NC(=O)c2cccc(Br)c2F)o1. The van der Waals surface area contributed by atoms with E-state index < -0.39 is 11.7 Å². The van der Waals surface area contributed by atoms with E-state index in [1.807, 2.05) is 0 Å². The molecule has 1 aromatic heterocycles. The van der Waals surface area contributed by atoms with Crippen LogP contribution in [-0.2, 0) is 0 Å². The molecule has 17 heavy (non-hydrogen) atoms. The highest BCUT2D eigenvalue weighted by atomic mass is 79.9. The first-order chi connectivity index (χ1) is 8.08. The van der Waals surface area contributed by atoms with Crippen LogP contribution in [0.15, 0.2) is 27.1 Å². The van der Waals surface area contributed by atoms with Crippen LogP contribution in [0, 0.1) is 12.7 Å². The van der Waals surface area contributed by atoms with Crippen LogP contribution in [0.3, 0.4) is 0 Å². The van der Waals surface area contributed by atoms with E-state index in [1.54, 1.807) is 13.0 Å². The van der Waals surface area contributed by atoms with Crippen molar-refractivity contribution in [3.05, 3.63) is 39.9 Å². The second kappa shape index (κ2) is 4.62. The molecule has 2 rings (SSSR count). The fraction of sp³-hybridized carbons (Fsp3) is 0.100. The number of aromatic nitrogens is 2. The van der Waals surface area contributed by atoms with Gasteiger partial charge >= 0.3 is 6.01 Å². The molecule has 0 aliphatic rings. The third-order valence-corrected chi connectivity index (χ3v) is 2.56. The molecule has 7 heteroatoms. The smallest absolute Gasteiger partial charge is 0.322 e. The molecule has 5 nitrogen and oxygen atoms in total. The van der Waals surface area contributed by atoms with Crippen molar-refractivity contribution in [1.29, 1.82) is 0 Å². The largest absolute Gasteiger partial charge is 0.408 e. The quantitative estimate of drug-likeness (QED) is 0.925. The topological polar surface area (TPSA) is 68.0 Å². The lowest BCUT2D eigenvalue weighted by Gasteiger charge is -2.03. The summed E-state index contributed by atoms with van der Waals surface area (Å²) in [5.41, 5.74) is -0.102. The van der Waals surface area contributed by atoms with Crippen molar-refractivity contribution in [3.8, 4) is 0 Å². The Labute approximate surface area is 104 Å². The number of carbonyl (C=O) groups is 1. The predicted octanol–water partition coefficient (Wildman–Crippen LogP) is 2.53. The summed E-state index contributed by atoms with van der Waals surface area (Å²) in [7, 11) is 0. The Hall–Kier alpha value is -1.76. The van der Waals surface area contributed by atoms with Crippen LogP contribution in [-0.4, -0.2) is 16.1 Å². The van der Waals surface area contributed by atoms with Crippen molar-refractivity contribution in [2.24, 2.45) is 0 Å². The lowest BCUT2D eigenvalue weighted by Crippen LogP contribution is -2.14. The first-order valence-corrected chi connectivity index (χ1v) is 5.42. The average Bonchev–Trinajstić information content (AvgIpc) is 2.68. The molecule has 0 unspecified atom stereocenters. The Kier molecular flexibility index (Phi) is 3.19. The number of carbonyl (C=O) groups excluding carboxylic acids is 1. The van der Waals surface area contributed by atoms with Gasteiger partial charge < -0.3 is 4.42 Å². The number of halogens is 2. The number of amides is 1. The second-order valence-electron chi connectivity index (χ2n) is 3.18. The first-order valence-electron chi connectivity index (χ1n) is 4.63. The van der Waals surface area contributed by atoms with Crippen LogP contribution < -0.4 is 5.32 Å². The molecule has 1 heterocycles. The third kappa shape index (κ3) is 2.50. The molecule has 0 spiro atoms. The highest BCUT2D eigenvalue weighted by molar-refractivity contribution is 9.10. The molecule has 1 N–H and O–H groups in total. The Balaban J connectivity index is 2.23. The van der Waals surface area contributed by atoms with Gasteiger partial charge in [-0.2, -0.15) is 0 Å². The van der Waals surface area contributed by atoms with E-state index in [1.165, 1.54) is 12.1 Å². The van der Waals surface area contributed by atoms with Crippen molar-refractivity contribution >= 4 is 27.9 Å². The first kappa shape index (κ1) is 11.7. The van der Waals surface area contributed by atoms with Gasteiger partial charge in [-0.3, -0.25) is 10.1 Å². The molecule has 0 aliphatic heterocycles. The monoisotopic (exact) mass is 299 g/mol. The third-order valence-electron chi connectivity index (χ3n) is 1.94. The minimum Gasteiger partial charge on any atom is -0.408 e. The summed E-state index contributed by atoms with van der Waals surface area (Å²) in [6.07, 6.45) is 0. The van der Waals surface area contributed by atoms with Gasteiger partial charge in [0.25, 0.3) is 5.91 Å². The van der Waals surface area contributed by atoms with Crippen molar-refractivity contribution in [2.75, 3.05) is 5.32 Å².